The van der Waals surface area contributed by atoms with Crippen molar-refractivity contribution in [1.82, 2.24) is 4.72 Å². The molecule has 28 heavy (non-hydrogen) atoms. The molecule has 150 valence electrons. The normalized spacial score (nSPS) is 16.8. The van der Waals surface area contributed by atoms with Gasteiger partial charge in [-0.15, -0.1) is 0 Å². The molecule has 1 fully saturated rings. The molecule has 0 saturated carbocycles. The van der Waals surface area contributed by atoms with Crippen LogP contribution in [-0.4, -0.2) is 41.6 Å². The molecule has 2 aromatic carbocycles. The minimum Gasteiger partial charge on any atom is -0.495 e. The number of carbonyl (C=O) groups is 1. The molecule has 1 saturated heterocycles. The first kappa shape index (κ1) is 20.2. The molecule has 0 spiro atoms. The highest BCUT2D eigenvalue weighted by Gasteiger charge is 2.21. The largest absolute Gasteiger partial charge is 0.495 e. The molecule has 1 heterocycles. The molecular weight excluding hydrogens is 378 g/mol. The molecule has 1 unspecified atom stereocenters. The predicted molar refractivity (Wildman–Crippen MR) is 110 cm³/mol. The second-order valence-corrected chi connectivity index (χ2v) is 8.77. The highest BCUT2D eigenvalue weighted by Crippen LogP contribution is 2.27. The van der Waals surface area contributed by atoms with Gasteiger partial charge in [-0.25, -0.2) is 13.1 Å². The number of methoxy groups -OCH3 is 1. The number of ether oxygens (including phenoxy) is 1. The van der Waals surface area contributed by atoms with Crippen LogP contribution < -0.4 is 19.7 Å². The van der Waals surface area contributed by atoms with Crippen molar-refractivity contribution in [3.63, 3.8) is 0 Å². The van der Waals surface area contributed by atoms with E-state index in [1.54, 1.807) is 0 Å². The maximum Gasteiger partial charge on any atom is 0.255 e. The van der Waals surface area contributed by atoms with Crippen molar-refractivity contribution in [2.75, 3.05) is 37.5 Å². The van der Waals surface area contributed by atoms with E-state index < -0.39 is 15.9 Å². The van der Waals surface area contributed by atoms with Gasteiger partial charge >= 0.3 is 0 Å². The highest BCUT2D eigenvalue weighted by molar-refractivity contribution is 7.89. The molecular formula is C20H25N3O4S. The third-order valence-corrected chi connectivity index (χ3v) is 6.33. The molecule has 7 nitrogen and oxygen atoms in total. The maximum absolute atomic E-state index is 12.6. The average molecular weight is 404 g/mol. The molecule has 8 heteroatoms. The minimum atomic E-state index is -3.75. The lowest BCUT2D eigenvalue weighted by Crippen LogP contribution is -2.21. The zero-order chi connectivity index (χ0) is 20.3. The van der Waals surface area contributed by atoms with Crippen LogP contribution in [0.5, 0.6) is 5.75 Å². The van der Waals surface area contributed by atoms with Crippen LogP contribution >= 0.6 is 0 Å². The van der Waals surface area contributed by atoms with Crippen molar-refractivity contribution < 1.29 is 17.9 Å². The number of nitrogens with one attached hydrogen (secondary N) is 2. The van der Waals surface area contributed by atoms with Gasteiger partial charge in [0.1, 0.15) is 10.6 Å². The van der Waals surface area contributed by atoms with E-state index in [1.165, 1.54) is 38.8 Å². The topological polar surface area (TPSA) is 87.7 Å². The molecule has 0 aliphatic carbocycles. The van der Waals surface area contributed by atoms with E-state index >= 15 is 0 Å². The summed E-state index contributed by atoms with van der Waals surface area (Å²) in [4.78, 5) is 14.8. The first-order chi connectivity index (χ1) is 13.3. The van der Waals surface area contributed by atoms with Gasteiger partial charge in [-0.2, -0.15) is 0 Å². The van der Waals surface area contributed by atoms with E-state index in [4.69, 9.17) is 4.74 Å². The molecule has 3 rings (SSSR count). The summed E-state index contributed by atoms with van der Waals surface area (Å²) in [5.41, 5.74) is 2.01. The summed E-state index contributed by atoms with van der Waals surface area (Å²) < 4.78 is 31.7. The fourth-order valence-electron chi connectivity index (χ4n) is 3.27. The van der Waals surface area contributed by atoms with Crippen molar-refractivity contribution in [2.24, 2.45) is 5.92 Å². The van der Waals surface area contributed by atoms with Gasteiger partial charge in [0.25, 0.3) is 5.91 Å². The zero-order valence-electron chi connectivity index (χ0n) is 16.2. The van der Waals surface area contributed by atoms with Crippen LogP contribution in [0.4, 0.5) is 11.4 Å². The number of nitrogens with zero attached hydrogens (tertiary/aromatic N) is 1. The van der Waals surface area contributed by atoms with Crippen LogP contribution in [0.25, 0.3) is 0 Å². The molecule has 1 aliphatic heterocycles. The number of sulfonamides is 1. The van der Waals surface area contributed by atoms with Crippen molar-refractivity contribution in [3.05, 3.63) is 48.0 Å². The Hall–Kier alpha value is -2.58. The predicted octanol–water partition coefficient (Wildman–Crippen LogP) is 2.70. The van der Waals surface area contributed by atoms with Gasteiger partial charge < -0.3 is 15.0 Å². The van der Waals surface area contributed by atoms with E-state index in [0.29, 0.717) is 11.6 Å². The van der Waals surface area contributed by atoms with Gasteiger partial charge in [0.05, 0.1) is 7.11 Å². The highest BCUT2D eigenvalue weighted by atomic mass is 32.2. The van der Waals surface area contributed by atoms with Crippen molar-refractivity contribution in [1.29, 1.82) is 0 Å². The van der Waals surface area contributed by atoms with Gasteiger partial charge in [-0.3, -0.25) is 4.79 Å². The third-order valence-electron chi connectivity index (χ3n) is 4.90. The van der Waals surface area contributed by atoms with Crippen LogP contribution in [0.1, 0.15) is 23.7 Å². The van der Waals surface area contributed by atoms with Crippen LogP contribution in [-0.2, 0) is 10.0 Å². The molecule has 1 aliphatic rings. The Bertz CT molecular complexity index is 958. The second-order valence-electron chi connectivity index (χ2n) is 6.91. The van der Waals surface area contributed by atoms with Crippen LogP contribution in [0.2, 0.25) is 0 Å². The Morgan fingerprint density at radius 3 is 2.46 bits per heavy atom. The summed E-state index contributed by atoms with van der Waals surface area (Å²) in [6.45, 7) is 4.33. The molecule has 0 aromatic heterocycles. The van der Waals surface area contributed by atoms with E-state index in [9.17, 15) is 13.2 Å². The number of hydrogen-bond donors (Lipinski definition) is 2. The van der Waals surface area contributed by atoms with E-state index in [0.717, 1.165) is 18.8 Å². The zero-order valence-corrected chi connectivity index (χ0v) is 17.0. The summed E-state index contributed by atoms with van der Waals surface area (Å²) in [6.07, 6.45) is 1.19. The monoisotopic (exact) mass is 403 g/mol. The molecule has 1 atom stereocenters. The molecule has 1 amide bonds. The van der Waals surface area contributed by atoms with Crippen LogP contribution in [0.3, 0.4) is 0 Å². The Balaban J connectivity index is 1.77. The molecule has 2 N–H and O–H groups in total. The first-order valence-corrected chi connectivity index (χ1v) is 10.6. The van der Waals surface area contributed by atoms with Gasteiger partial charge in [-0.1, -0.05) is 6.92 Å². The van der Waals surface area contributed by atoms with Crippen LogP contribution in [0.15, 0.2) is 47.4 Å². The Labute approximate surface area is 165 Å². The Kier molecular flexibility index (Phi) is 5.90. The van der Waals surface area contributed by atoms with Gasteiger partial charge in [0.15, 0.2) is 0 Å². The van der Waals surface area contributed by atoms with Crippen molar-refractivity contribution in [3.8, 4) is 5.75 Å². The first-order valence-electron chi connectivity index (χ1n) is 9.12. The number of rotatable bonds is 6. The van der Waals surface area contributed by atoms with E-state index in [2.05, 4.69) is 21.9 Å². The SMILES string of the molecule is CNS(=O)(=O)c1cc(C(=O)Nc2ccc(N3CCC(C)C3)cc2)ccc1OC. The summed E-state index contributed by atoms with van der Waals surface area (Å²) in [7, 11) is -1.06. The molecule has 2 aromatic rings. The fraction of sp³-hybridized carbons (Fsp3) is 0.350. The van der Waals surface area contributed by atoms with Crippen molar-refractivity contribution >= 4 is 27.3 Å². The van der Waals surface area contributed by atoms with E-state index in [-0.39, 0.29) is 16.2 Å². The summed E-state index contributed by atoms with van der Waals surface area (Å²) >= 11 is 0. The Morgan fingerprint density at radius 1 is 1.18 bits per heavy atom. The Morgan fingerprint density at radius 2 is 1.89 bits per heavy atom. The number of anilines is 2. The quantitative estimate of drug-likeness (QED) is 0.774. The number of amides is 1. The van der Waals surface area contributed by atoms with Crippen molar-refractivity contribution in [2.45, 2.75) is 18.2 Å². The lowest BCUT2D eigenvalue weighted by atomic mass is 10.2. The fourth-order valence-corrected chi connectivity index (χ4v) is 4.18. The number of carbonyl (C=O) groups excluding carboxylic acids is 1. The smallest absolute Gasteiger partial charge is 0.255 e. The number of benzene rings is 2. The van der Waals surface area contributed by atoms with Crippen LogP contribution in [0, 0.1) is 5.92 Å². The number of hydrogen-bond acceptors (Lipinski definition) is 5. The molecule has 0 radical (unpaired) electrons. The lowest BCUT2D eigenvalue weighted by molar-refractivity contribution is 0.102. The summed E-state index contributed by atoms with van der Waals surface area (Å²) in [5.74, 6) is 0.477. The maximum atomic E-state index is 12.6. The van der Waals surface area contributed by atoms with Gasteiger partial charge in [0.2, 0.25) is 10.0 Å². The minimum absolute atomic E-state index is 0.0800. The standard InChI is InChI=1S/C20H25N3O4S/c1-14-10-11-23(13-14)17-7-5-16(6-8-17)22-20(24)15-4-9-18(27-3)19(12-15)28(25,26)21-2/h4-9,12,14,21H,10-11,13H2,1-3H3,(H,22,24). The van der Waals surface area contributed by atoms with Gasteiger partial charge in [0, 0.05) is 30.0 Å². The molecule has 0 bridgehead atoms. The van der Waals surface area contributed by atoms with Gasteiger partial charge in [-0.05, 0) is 61.9 Å². The average Bonchev–Trinajstić information content (AvgIpc) is 3.14. The second kappa shape index (κ2) is 8.20. The lowest BCUT2D eigenvalue weighted by Gasteiger charge is -2.18. The summed E-state index contributed by atoms with van der Waals surface area (Å²) in [5, 5.41) is 2.81. The third kappa shape index (κ3) is 4.28. The summed E-state index contributed by atoms with van der Waals surface area (Å²) in [6, 6.07) is 12.0. The van der Waals surface area contributed by atoms with E-state index in [1.807, 2.05) is 24.3 Å².